The van der Waals surface area contributed by atoms with Gasteiger partial charge in [-0.1, -0.05) is 42.1 Å². The molecule has 0 atom stereocenters. The molecule has 0 amide bonds. The van der Waals surface area contributed by atoms with Crippen molar-refractivity contribution < 1.29 is 9.63 Å². The summed E-state index contributed by atoms with van der Waals surface area (Å²) >= 11 is 0. The number of carbonyl (C=O) groups is 1. The van der Waals surface area contributed by atoms with E-state index in [1.54, 1.807) is 6.92 Å². The first-order valence-electron chi connectivity index (χ1n) is 4.17. The smallest absolute Gasteiger partial charge is 0.313 e. The third-order valence-electron chi connectivity index (χ3n) is 1.63. The normalized spacial score (nSPS) is 10.8. The summed E-state index contributed by atoms with van der Waals surface area (Å²) in [6, 6.07) is 9.47. The van der Waals surface area contributed by atoms with Crippen molar-refractivity contribution in [3.05, 3.63) is 48.6 Å². The van der Waals surface area contributed by atoms with Gasteiger partial charge in [-0.3, -0.25) is 0 Å². The van der Waals surface area contributed by atoms with E-state index in [-0.39, 0.29) is 0 Å². The highest BCUT2D eigenvalue weighted by atomic mass is 16.7. The molecule has 14 heavy (non-hydrogen) atoms. The van der Waals surface area contributed by atoms with Crippen molar-refractivity contribution in [1.82, 2.24) is 0 Å². The van der Waals surface area contributed by atoms with E-state index < -0.39 is 5.97 Å². The molecule has 0 saturated heterocycles. The van der Waals surface area contributed by atoms with Crippen molar-refractivity contribution in [2.45, 2.75) is 6.92 Å². The fraction of sp³-hybridized carbons (Fsp3) is 0.0909. The van der Waals surface area contributed by atoms with E-state index in [0.29, 0.717) is 5.71 Å². The molecular weight excluding hydrogens is 178 g/mol. The Labute approximate surface area is 82.7 Å². The van der Waals surface area contributed by atoms with Crippen LogP contribution in [0.2, 0.25) is 0 Å². The Bertz CT molecular complexity index is 355. The number of oxime groups is 1. The maximum absolute atomic E-state index is 10.7. The SMILES string of the molecule is C=CC(=O)ON=C(C)c1ccccc1. The Kier molecular flexibility index (Phi) is 3.61. The average Bonchev–Trinajstić information content (AvgIpc) is 2.26. The van der Waals surface area contributed by atoms with Gasteiger partial charge in [0.15, 0.2) is 0 Å². The van der Waals surface area contributed by atoms with Gasteiger partial charge in [0.1, 0.15) is 0 Å². The van der Waals surface area contributed by atoms with Crippen LogP contribution in [0.3, 0.4) is 0 Å². The van der Waals surface area contributed by atoms with Crippen LogP contribution in [-0.2, 0) is 9.63 Å². The summed E-state index contributed by atoms with van der Waals surface area (Å²) in [4.78, 5) is 15.2. The molecule has 0 saturated carbocycles. The molecule has 0 heterocycles. The van der Waals surface area contributed by atoms with E-state index in [4.69, 9.17) is 0 Å². The highest BCUT2D eigenvalue weighted by Crippen LogP contribution is 2.00. The molecule has 0 aliphatic heterocycles. The van der Waals surface area contributed by atoms with Gasteiger partial charge in [-0.2, -0.15) is 0 Å². The summed E-state index contributed by atoms with van der Waals surface area (Å²) in [5.41, 5.74) is 1.57. The second-order valence-electron chi connectivity index (χ2n) is 2.66. The van der Waals surface area contributed by atoms with Gasteiger partial charge in [-0.05, 0) is 12.5 Å². The molecule has 3 heteroatoms. The molecular formula is C11H11NO2. The van der Waals surface area contributed by atoms with E-state index >= 15 is 0 Å². The predicted octanol–water partition coefficient (Wildman–Crippen LogP) is 2.14. The molecule has 0 aliphatic rings. The summed E-state index contributed by atoms with van der Waals surface area (Å²) in [5, 5.41) is 3.66. The van der Waals surface area contributed by atoms with Gasteiger partial charge in [0.25, 0.3) is 0 Å². The van der Waals surface area contributed by atoms with Gasteiger partial charge in [-0.25, -0.2) is 4.79 Å². The number of carbonyl (C=O) groups excluding carboxylic acids is 1. The van der Waals surface area contributed by atoms with Gasteiger partial charge in [0, 0.05) is 6.08 Å². The van der Waals surface area contributed by atoms with Crippen LogP contribution in [0.15, 0.2) is 48.1 Å². The van der Waals surface area contributed by atoms with Crippen molar-refractivity contribution in [2.24, 2.45) is 5.16 Å². The molecule has 0 spiro atoms. The molecule has 0 unspecified atom stereocenters. The Morgan fingerprint density at radius 1 is 1.43 bits per heavy atom. The average molecular weight is 189 g/mol. The van der Waals surface area contributed by atoms with Gasteiger partial charge < -0.3 is 4.84 Å². The fourth-order valence-electron chi connectivity index (χ4n) is 0.883. The van der Waals surface area contributed by atoms with E-state index in [1.807, 2.05) is 30.3 Å². The number of rotatable bonds is 3. The lowest BCUT2D eigenvalue weighted by molar-refractivity contribution is -0.137. The molecule has 1 aromatic rings. The number of benzene rings is 1. The quantitative estimate of drug-likeness (QED) is 0.316. The number of nitrogens with zero attached hydrogens (tertiary/aromatic N) is 1. The third-order valence-corrected chi connectivity index (χ3v) is 1.63. The first-order valence-corrected chi connectivity index (χ1v) is 4.17. The maximum atomic E-state index is 10.7. The van der Waals surface area contributed by atoms with E-state index in [2.05, 4.69) is 16.6 Å². The molecule has 0 radical (unpaired) electrons. The molecule has 1 aromatic carbocycles. The Balaban J connectivity index is 2.70. The zero-order valence-corrected chi connectivity index (χ0v) is 7.93. The molecule has 0 aliphatic carbocycles. The third kappa shape index (κ3) is 2.86. The lowest BCUT2D eigenvalue weighted by Gasteiger charge is -1.98. The number of hydrogen-bond acceptors (Lipinski definition) is 3. The largest absolute Gasteiger partial charge is 0.358 e. The lowest BCUT2D eigenvalue weighted by Crippen LogP contribution is -1.99. The van der Waals surface area contributed by atoms with Crippen LogP contribution in [0, 0.1) is 0 Å². The Morgan fingerprint density at radius 2 is 2.07 bits per heavy atom. The van der Waals surface area contributed by atoms with Crippen molar-refractivity contribution in [2.75, 3.05) is 0 Å². The van der Waals surface area contributed by atoms with Crippen LogP contribution in [0.4, 0.5) is 0 Å². The van der Waals surface area contributed by atoms with Crippen molar-refractivity contribution in [3.63, 3.8) is 0 Å². The predicted molar refractivity (Wildman–Crippen MR) is 54.9 cm³/mol. The van der Waals surface area contributed by atoms with Crippen LogP contribution < -0.4 is 0 Å². The standard InChI is InChI=1S/C11H11NO2/c1-3-11(13)14-12-9(2)10-7-5-4-6-8-10/h3-8H,1H2,2H3. The van der Waals surface area contributed by atoms with Crippen LogP contribution >= 0.6 is 0 Å². The fourth-order valence-corrected chi connectivity index (χ4v) is 0.883. The second kappa shape index (κ2) is 4.97. The van der Waals surface area contributed by atoms with Crippen LogP contribution in [0.25, 0.3) is 0 Å². The molecule has 0 fully saturated rings. The zero-order valence-electron chi connectivity index (χ0n) is 7.93. The van der Waals surface area contributed by atoms with Crippen molar-refractivity contribution in [1.29, 1.82) is 0 Å². The van der Waals surface area contributed by atoms with Gasteiger partial charge in [0.05, 0.1) is 5.71 Å². The Hall–Kier alpha value is -1.90. The molecule has 0 bridgehead atoms. The lowest BCUT2D eigenvalue weighted by atomic mass is 10.1. The van der Waals surface area contributed by atoms with E-state index in [9.17, 15) is 4.79 Å². The van der Waals surface area contributed by atoms with Crippen LogP contribution in [-0.4, -0.2) is 11.7 Å². The van der Waals surface area contributed by atoms with Gasteiger partial charge in [0.2, 0.25) is 0 Å². The van der Waals surface area contributed by atoms with Crippen molar-refractivity contribution in [3.8, 4) is 0 Å². The first-order chi connectivity index (χ1) is 6.74. The summed E-state index contributed by atoms with van der Waals surface area (Å²) in [6.07, 6.45) is 1.07. The summed E-state index contributed by atoms with van der Waals surface area (Å²) in [6.45, 7) is 5.04. The summed E-state index contributed by atoms with van der Waals surface area (Å²) in [5.74, 6) is -0.555. The van der Waals surface area contributed by atoms with Crippen LogP contribution in [0.1, 0.15) is 12.5 Å². The minimum Gasteiger partial charge on any atom is -0.313 e. The minimum atomic E-state index is -0.555. The minimum absolute atomic E-state index is 0.555. The topological polar surface area (TPSA) is 38.7 Å². The van der Waals surface area contributed by atoms with Crippen molar-refractivity contribution >= 4 is 11.7 Å². The summed E-state index contributed by atoms with van der Waals surface area (Å²) in [7, 11) is 0. The zero-order chi connectivity index (χ0) is 10.4. The molecule has 0 N–H and O–H groups in total. The van der Waals surface area contributed by atoms with Gasteiger partial charge >= 0.3 is 5.97 Å². The van der Waals surface area contributed by atoms with E-state index in [0.717, 1.165) is 11.6 Å². The summed E-state index contributed by atoms with van der Waals surface area (Å²) < 4.78 is 0. The first kappa shape index (κ1) is 10.2. The highest BCUT2D eigenvalue weighted by molar-refractivity contribution is 5.98. The van der Waals surface area contributed by atoms with Gasteiger partial charge in [-0.15, -0.1) is 0 Å². The molecule has 3 nitrogen and oxygen atoms in total. The highest BCUT2D eigenvalue weighted by Gasteiger charge is 1.97. The second-order valence-corrected chi connectivity index (χ2v) is 2.66. The number of hydrogen-bond donors (Lipinski definition) is 0. The molecule has 1 rings (SSSR count). The molecule has 0 aromatic heterocycles. The van der Waals surface area contributed by atoms with Crippen LogP contribution in [0.5, 0.6) is 0 Å². The Morgan fingerprint density at radius 3 is 2.64 bits per heavy atom. The monoisotopic (exact) mass is 189 g/mol. The molecule has 72 valence electrons. The maximum Gasteiger partial charge on any atom is 0.358 e. The van der Waals surface area contributed by atoms with E-state index in [1.165, 1.54) is 0 Å².